The maximum absolute atomic E-state index is 5.62. The van der Waals surface area contributed by atoms with Gasteiger partial charge in [0.15, 0.2) is 0 Å². The molecular weight excluding hydrogens is 266 g/mol. The maximum Gasteiger partial charge on any atom is 0.122 e. The summed E-state index contributed by atoms with van der Waals surface area (Å²) >= 11 is 0. The normalized spacial score (nSPS) is 11.7. The fourth-order valence-corrected chi connectivity index (χ4v) is 2.19. The third kappa shape index (κ3) is 5.36. The average molecular weight is 291 g/mol. The fourth-order valence-electron chi connectivity index (χ4n) is 2.19. The lowest BCUT2D eigenvalue weighted by Crippen LogP contribution is -2.26. The standard InChI is InChI=1S/C16H25N3O2/c1-14(2)20-11-5-8-19(12-15-6-4-10-21-15)13-16-17-7-9-18(16)3/h4,6-7,9-10,14H,5,8,11-13H2,1-3H3. The molecule has 116 valence electrons. The molecule has 5 nitrogen and oxygen atoms in total. The van der Waals surface area contributed by atoms with E-state index in [0.29, 0.717) is 0 Å². The smallest absolute Gasteiger partial charge is 0.122 e. The van der Waals surface area contributed by atoms with Crippen LogP contribution in [-0.4, -0.2) is 33.7 Å². The number of rotatable bonds is 9. The van der Waals surface area contributed by atoms with E-state index in [4.69, 9.17) is 9.15 Å². The van der Waals surface area contributed by atoms with E-state index in [1.807, 2.05) is 31.6 Å². The SMILES string of the molecule is CC(C)OCCCN(Cc1ccco1)Cc1nccn1C. The van der Waals surface area contributed by atoms with Crippen LogP contribution in [0.4, 0.5) is 0 Å². The summed E-state index contributed by atoms with van der Waals surface area (Å²) in [6.07, 6.45) is 6.82. The number of aromatic nitrogens is 2. The van der Waals surface area contributed by atoms with Gasteiger partial charge in [-0.05, 0) is 32.4 Å². The highest BCUT2D eigenvalue weighted by Gasteiger charge is 2.11. The molecule has 21 heavy (non-hydrogen) atoms. The number of hydrogen-bond acceptors (Lipinski definition) is 4. The summed E-state index contributed by atoms with van der Waals surface area (Å²) in [5.41, 5.74) is 0. The van der Waals surface area contributed by atoms with Gasteiger partial charge in [0, 0.05) is 32.6 Å². The Labute approximate surface area is 126 Å². The molecule has 2 aromatic heterocycles. The number of hydrogen-bond donors (Lipinski definition) is 0. The van der Waals surface area contributed by atoms with Crippen molar-refractivity contribution in [2.45, 2.75) is 39.5 Å². The van der Waals surface area contributed by atoms with Crippen molar-refractivity contribution in [1.82, 2.24) is 14.5 Å². The molecule has 0 fully saturated rings. The van der Waals surface area contributed by atoms with Crippen LogP contribution in [-0.2, 0) is 24.9 Å². The van der Waals surface area contributed by atoms with Gasteiger partial charge in [-0.2, -0.15) is 0 Å². The Kier molecular flexibility index (Phi) is 6.02. The van der Waals surface area contributed by atoms with E-state index in [9.17, 15) is 0 Å². The largest absolute Gasteiger partial charge is 0.468 e. The number of ether oxygens (including phenoxy) is 1. The number of aryl methyl sites for hydroxylation is 1. The molecular formula is C16H25N3O2. The fraction of sp³-hybridized carbons (Fsp3) is 0.562. The Morgan fingerprint density at radius 3 is 2.86 bits per heavy atom. The zero-order valence-corrected chi connectivity index (χ0v) is 13.2. The van der Waals surface area contributed by atoms with E-state index in [0.717, 1.165) is 44.2 Å². The van der Waals surface area contributed by atoms with Crippen molar-refractivity contribution in [2.75, 3.05) is 13.2 Å². The van der Waals surface area contributed by atoms with Gasteiger partial charge in [0.05, 0.1) is 25.5 Å². The van der Waals surface area contributed by atoms with E-state index < -0.39 is 0 Å². The molecule has 0 saturated carbocycles. The van der Waals surface area contributed by atoms with Crippen LogP contribution in [0.3, 0.4) is 0 Å². The lowest BCUT2D eigenvalue weighted by atomic mass is 10.3. The highest BCUT2D eigenvalue weighted by atomic mass is 16.5. The minimum atomic E-state index is 0.290. The Morgan fingerprint density at radius 1 is 1.38 bits per heavy atom. The Bertz CT molecular complexity index is 505. The molecule has 2 aromatic rings. The minimum absolute atomic E-state index is 0.290. The van der Waals surface area contributed by atoms with Crippen molar-refractivity contribution in [3.8, 4) is 0 Å². The second kappa shape index (κ2) is 8.00. The Morgan fingerprint density at radius 2 is 2.24 bits per heavy atom. The van der Waals surface area contributed by atoms with Crippen molar-refractivity contribution in [1.29, 1.82) is 0 Å². The first-order valence-corrected chi connectivity index (χ1v) is 7.47. The third-order valence-corrected chi connectivity index (χ3v) is 3.32. The second-order valence-electron chi connectivity index (χ2n) is 5.52. The first kappa shape index (κ1) is 15.8. The molecule has 0 aliphatic rings. The van der Waals surface area contributed by atoms with Gasteiger partial charge in [-0.1, -0.05) is 0 Å². The van der Waals surface area contributed by atoms with E-state index in [1.54, 1.807) is 6.26 Å². The number of furan rings is 1. The van der Waals surface area contributed by atoms with Crippen LogP contribution in [0.15, 0.2) is 35.2 Å². The first-order valence-electron chi connectivity index (χ1n) is 7.47. The lowest BCUT2D eigenvalue weighted by molar-refractivity contribution is 0.0683. The summed E-state index contributed by atoms with van der Waals surface area (Å²) in [4.78, 5) is 6.74. The summed E-state index contributed by atoms with van der Waals surface area (Å²) in [6, 6.07) is 3.94. The summed E-state index contributed by atoms with van der Waals surface area (Å²) < 4.78 is 13.1. The van der Waals surface area contributed by atoms with Gasteiger partial charge in [-0.15, -0.1) is 0 Å². The molecule has 0 amide bonds. The molecule has 2 heterocycles. The summed E-state index contributed by atoms with van der Waals surface area (Å²) in [7, 11) is 2.02. The summed E-state index contributed by atoms with van der Waals surface area (Å²) in [5.74, 6) is 2.04. The molecule has 0 saturated heterocycles. The second-order valence-corrected chi connectivity index (χ2v) is 5.52. The van der Waals surface area contributed by atoms with E-state index in [2.05, 4.69) is 28.3 Å². The Balaban J connectivity index is 1.88. The van der Waals surface area contributed by atoms with Crippen molar-refractivity contribution in [3.05, 3.63) is 42.4 Å². The molecule has 0 unspecified atom stereocenters. The van der Waals surface area contributed by atoms with E-state index >= 15 is 0 Å². The highest BCUT2D eigenvalue weighted by Crippen LogP contribution is 2.10. The zero-order chi connectivity index (χ0) is 15.1. The van der Waals surface area contributed by atoms with Crippen LogP contribution in [0.5, 0.6) is 0 Å². The first-order chi connectivity index (χ1) is 10.1. The molecule has 0 spiro atoms. The molecule has 0 aliphatic heterocycles. The van der Waals surface area contributed by atoms with Gasteiger partial charge in [-0.25, -0.2) is 4.98 Å². The lowest BCUT2D eigenvalue weighted by Gasteiger charge is -2.21. The van der Waals surface area contributed by atoms with E-state index in [1.165, 1.54) is 0 Å². The summed E-state index contributed by atoms with van der Waals surface area (Å²) in [5, 5.41) is 0. The van der Waals surface area contributed by atoms with Gasteiger partial charge in [0.2, 0.25) is 0 Å². The van der Waals surface area contributed by atoms with Crippen LogP contribution in [0.1, 0.15) is 31.9 Å². The van der Waals surface area contributed by atoms with Crippen molar-refractivity contribution in [2.24, 2.45) is 7.05 Å². The van der Waals surface area contributed by atoms with Gasteiger partial charge in [-0.3, -0.25) is 4.90 Å². The molecule has 0 bridgehead atoms. The predicted molar refractivity (Wildman–Crippen MR) is 81.7 cm³/mol. The predicted octanol–water partition coefficient (Wildman–Crippen LogP) is 2.83. The van der Waals surface area contributed by atoms with Gasteiger partial charge in [0.25, 0.3) is 0 Å². The van der Waals surface area contributed by atoms with Crippen LogP contribution in [0, 0.1) is 0 Å². The quantitative estimate of drug-likeness (QED) is 0.666. The molecule has 2 rings (SSSR count). The molecule has 0 N–H and O–H groups in total. The van der Waals surface area contributed by atoms with E-state index in [-0.39, 0.29) is 6.10 Å². The number of nitrogens with zero attached hydrogens (tertiary/aromatic N) is 3. The van der Waals surface area contributed by atoms with Gasteiger partial charge < -0.3 is 13.7 Å². The van der Waals surface area contributed by atoms with Crippen molar-refractivity contribution < 1.29 is 9.15 Å². The molecule has 0 aromatic carbocycles. The van der Waals surface area contributed by atoms with Crippen LogP contribution in [0.2, 0.25) is 0 Å². The summed E-state index contributed by atoms with van der Waals surface area (Å²) in [6.45, 7) is 7.48. The van der Waals surface area contributed by atoms with Crippen LogP contribution in [0.25, 0.3) is 0 Å². The number of imidazole rings is 1. The van der Waals surface area contributed by atoms with Crippen molar-refractivity contribution >= 4 is 0 Å². The van der Waals surface area contributed by atoms with Crippen LogP contribution < -0.4 is 0 Å². The average Bonchev–Trinajstić information content (AvgIpc) is 3.07. The van der Waals surface area contributed by atoms with Gasteiger partial charge in [0.1, 0.15) is 11.6 Å². The minimum Gasteiger partial charge on any atom is -0.468 e. The monoisotopic (exact) mass is 291 g/mol. The van der Waals surface area contributed by atoms with Crippen LogP contribution >= 0.6 is 0 Å². The topological polar surface area (TPSA) is 43.4 Å². The van der Waals surface area contributed by atoms with Crippen molar-refractivity contribution in [3.63, 3.8) is 0 Å². The molecule has 0 aliphatic carbocycles. The molecule has 0 atom stereocenters. The zero-order valence-electron chi connectivity index (χ0n) is 13.2. The third-order valence-electron chi connectivity index (χ3n) is 3.32. The molecule has 0 radical (unpaired) electrons. The van der Waals surface area contributed by atoms with Gasteiger partial charge >= 0.3 is 0 Å². The Hall–Kier alpha value is -1.59. The molecule has 5 heteroatoms. The maximum atomic E-state index is 5.62. The highest BCUT2D eigenvalue weighted by molar-refractivity contribution is 4.99.